The maximum absolute atomic E-state index is 13.2. The van der Waals surface area contributed by atoms with Crippen molar-refractivity contribution in [1.29, 1.82) is 0 Å². The molecule has 1 aliphatic carbocycles. The van der Waals surface area contributed by atoms with E-state index in [2.05, 4.69) is 6.92 Å². The maximum Gasteiger partial charge on any atom is 0.254 e. The van der Waals surface area contributed by atoms with Crippen LogP contribution in [0.3, 0.4) is 0 Å². The highest BCUT2D eigenvalue weighted by atomic mass is 35.5. The minimum Gasteiger partial charge on any atom is -0.393 e. The molecule has 2 aliphatic rings. The standard InChI is InChI=1S/C16H19ClFNO2/c1-16-6-7-19(14(16)5-3-11(20)9-16)15(21)10-2-4-13(18)12(17)8-10/h2,4,8,11,14,20H,3,5-7,9H2,1H3/t11-,14-,16+/m1/s1. The Hall–Kier alpha value is -1.13. The van der Waals surface area contributed by atoms with Gasteiger partial charge in [-0.15, -0.1) is 0 Å². The first-order chi connectivity index (χ1) is 9.90. The molecule has 1 saturated heterocycles. The van der Waals surface area contributed by atoms with Gasteiger partial charge >= 0.3 is 0 Å². The summed E-state index contributed by atoms with van der Waals surface area (Å²) in [4.78, 5) is 14.5. The van der Waals surface area contributed by atoms with Gasteiger partial charge < -0.3 is 10.0 Å². The van der Waals surface area contributed by atoms with E-state index < -0.39 is 5.82 Å². The van der Waals surface area contributed by atoms with Gasteiger partial charge in [0, 0.05) is 18.2 Å². The highest BCUT2D eigenvalue weighted by Gasteiger charge is 2.48. The monoisotopic (exact) mass is 311 g/mol. The smallest absolute Gasteiger partial charge is 0.254 e. The number of aliphatic hydroxyl groups excluding tert-OH is 1. The molecule has 0 bridgehead atoms. The van der Waals surface area contributed by atoms with Gasteiger partial charge in [0.1, 0.15) is 5.82 Å². The SMILES string of the molecule is C[C@@]12CCN(C(=O)c3ccc(F)c(Cl)c3)[C@@H]1CC[C@@H](O)C2. The third kappa shape index (κ3) is 2.55. The second-order valence-corrected chi connectivity index (χ2v) is 6.89. The molecule has 1 saturated carbocycles. The Balaban J connectivity index is 1.84. The van der Waals surface area contributed by atoms with E-state index >= 15 is 0 Å². The molecular weight excluding hydrogens is 293 g/mol. The van der Waals surface area contributed by atoms with Crippen molar-refractivity contribution in [2.45, 2.75) is 44.8 Å². The predicted molar refractivity (Wildman–Crippen MR) is 78.8 cm³/mol. The Labute approximate surface area is 128 Å². The van der Waals surface area contributed by atoms with E-state index in [-0.39, 0.29) is 28.5 Å². The average Bonchev–Trinajstić information content (AvgIpc) is 2.77. The number of nitrogens with zero attached hydrogens (tertiary/aromatic N) is 1. The van der Waals surface area contributed by atoms with E-state index in [1.807, 2.05) is 4.90 Å². The topological polar surface area (TPSA) is 40.5 Å². The van der Waals surface area contributed by atoms with Crippen molar-refractivity contribution < 1.29 is 14.3 Å². The van der Waals surface area contributed by atoms with Crippen molar-refractivity contribution in [2.75, 3.05) is 6.54 Å². The third-order valence-corrected chi connectivity index (χ3v) is 5.30. The van der Waals surface area contributed by atoms with Gasteiger partial charge in [0.25, 0.3) is 5.91 Å². The summed E-state index contributed by atoms with van der Waals surface area (Å²) in [5.41, 5.74) is 0.411. The molecule has 1 aliphatic heterocycles. The quantitative estimate of drug-likeness (QED) is 0.865. The Morgan fingerprint density at radius 1 is 1.48 bits per heavy atom. The van der Waals surface area contributed by atoms with Crippen LogP contribution in [0.5, 0.6) is 0 Å². The fourth-order valence-corrected chi connectivity index (χ4v) is 4.03. The molecule has 114 valence electrons. The summed E-state index contributed by atoms with van der Waals surface area (Å²) < 4.78 is 13.2. The summed E-state index contributed by atoms with van der Waals surface area (Å²) in [6.45, 7) is 2.83. The highest BCUT2D eigenvalue weighted by Crippen LogP contribution is 2.47. The minimum atomic E-state index is -0.514. The molecule has 1 heterocycles. The predicted octanol–water partition coefficient (Wildman–Crippen LogP) is 3.24. The molecule has 3 atom stereocenters. The highest BCUT2D eigenvalue weighted by molar-refractivity contribution is 6.31. The lowest BCUT2D eigenvalue weighted by atomic mass is 9.71. The van der Waals surface area contributed by atoms with Crippen molar-refractivity contribution in [3.8, 4) is 0 Å². The second kappa shape index (κ2) is 5.25. The number of hydrogen-bond donors (Lipinski definition) is 1. The Kier molecular flexibility index (Phi) is 3.70. The van der Waals surface area contributed by atoms with Gasteiger partial charge in [0.15, 0.2) is 0 Å². The van der Waals surface area contributed by atoms with Crippen LogP contribution in [0.15, 0.2) is 18.2 Å². The van der Waals surface area contributed by atoms with E-state index in [0.717, 1.165) is 25.7 Å². The van der Waals surface area contributed by atoms with Crippen molar-refractivity contribution in [3.63, 3.8) is 0 Å². The molecule has 0 spiro atoms. The summed E-state index contributed by atoms with van der Waals surface area (Å²) in [6, 6.07) is 4.26. The number of aliphatic hydroxyl groups is 1. The molecule has 0 radical (unpaired) electrons. The summed E-state index contributed by atoms with van der Waals surface area (Å²) in [5, 5.41) is 9.84. The van der Waals surface area contributed by atoms with Gasteiger partial charge in [-0.25, -0.2) is 4.39 Å². The molecule has 3 nitrogen and oxygen atoms in total. The number of hydrogen-bond acceptors (Lipinski definition) is 2. The van der Waals surface area contributed by atoms with Crippen LogP contribution in [0.4, 0.5) is 4.39 Å². The fourth-order valence-electron chi connectivity index (χ4n) is 3.85. The van der Waals surface area contributed by atoms with E-state index in [1.165, 1.54) is 18.2 Å². The number of amides is 1. The van der Waals surface area contributed by atoms with E-state index in [4.69, 9.17) is 11.6 Å². The molecule has 21 heavy (non-hydrogen) atoms. The van der Waals surface area contributed by atoms with E-state index in [0.29, 0.717) is 12.1 Å². The number of fused-ring (bicyclic) bond motifs is 1. The van der Waals surface area contributed by atoms with Crippen LogP contribution in [0.2, 0.25) is 5.02 Å². The molecule has 0 aromatic heterocycles. The Morgan fingerprint density at radius 2 is 2.24 bits per heavy atom. The normalized spacial score (nSPS) is 32.1. The number of carbonyl (C=O) groups is 1. The lowest BCUT2D eigenvalue weighted by molar-refractivity contribution is 0.0211. The van der Waals surface area contributed by atoms with Gasteiger partial charge in [-0.1, -0.05) is 18.5 Å². The molecule has 1 amide bonds. The molecule has 5 heteroatoms. The van der Waals surface area contributed by atoms with Crippen LogP contribution >= 0.6 is 11.6 Å². The van der Waals surface area contributed by atoms with Crippen LogP contribution in [-0.4, -0.2) is 34.6 Å². The van der Waals surface area contributed by atoms with Crippen LogP contribution < -0.4 is 0 Å². The zero-order valence-corrected chi connectivity index (χ0v) is 12.7. The van der Waals surface area contributed by atoms with E-state index in [9.17, 15) is 14.3 Å². The third-order valence-electron chi connectivity index (χ3n) is 5.01. The molecule has 2 fully saturated rings. The van der Waals surface area contributed by atoms with Gasteiger partial charge in [0.05, 0.1) is 11.1 Å². The lowest BCUT2D eigenvalue weighted by Gasteiger charge is -2.41. The number of likely N-dealkylation sites (tertiary alicyclic amines) is 1. The Morgan fingerprint density at radius 3 is 2.95 bits per heavy atom. The number of benzene rings is 1. The zero-order valence-electron chi connectivity index (χ0n) is 12.0. The largest absolute Gasteiger partial charge is 0.393 e. The van der Waals surface area contributed by atoms with Crippen LogP contribution in [0.1, 0.15) is 43.0 Å². The summed E-state index contributed by atoms with van der Waals surface area (Å²) in [7, 11) is 0. The first kappa shape index (κ1) is 14.8. The Bertz CT molecular complexity index is 579. The first-order valence-electron chi connectivity index (χ1n) is 7.35. The van der Waals surface area contributed by atoms with Crippen LogP contribution in [0.25, 0.3) is 0 Å². The fraction of sp³-hybridized carbons (Fsp3) is 0.562. The van der Waals surface area contributed by atoms with Crippen molar-refractivity contribution in [3.05, 3.63) is 34.6 Å². The van der Waals surface area contributed by atoms with Crippen molar-refractivity contribution >= 4 is 17.5 Å². The molecule has 3 rings (SSSR count). The van der Waals surface area contributed by atoms with Crippen molar-refractivity contribution in [2.24, 2.45) is 5.41 Å². The minimum absolute atomic E-state index is 0.0167. The average molecular weight is 312 g/mol. The molecule has 1 N–H and O–H groups in total. The molecular formula is C16H19ClFNO2. The molecule has 0 unspecified atom stereocenters. The van der Waals surface area contributed by atoms with E-state index in [1.54, 1.807) is 0 Å². The number of rotatable bonds is 1. The van der Waals surface area contributed by atoms with Crippen LogP contribution in [-0.2, 0) is 0 Å². The molecule has 1 aromatic rings. The maximum atomic E-state index is 13.2. The van der Waals surface area contributed by atoms with Gasteiger partial charge in [0.2, 0.25) is 0 Å². The van der Waals surface area contributed by atoms with Crippen molar-refractivity contribution in [1.82, 2.24) is 4.90 Å². The van der Waals surface area contributed by atoms with Gasteiger partial charge in [-0.2, -0.15) is 0 Å². The molecule has 1 aromatic carbocycles. The summed E-state index contributed by atoms with van der Waals surface area (Å²) >= 11 is 5.77. The van der Waals surface area contributed by atoms with Gasteiger partial charge in [-0.05, 0) is 49.3 Å². The summed E-state index contributed by atoms with van der Waals surface area (Å²) in [5.74, 6) is -0.609. The second-order valence-electron chi connectivity index (χ2n) is 6.48. The van der Waals surface area contributed by atoms with Gasteiger partial charge in [-0.3, -0.25) is 4.79 Å². The zero-order chi connectivity index (χ0) is 15.2. The lowest BCUT2D eigenvalue weighted by Crippen LogP contribution is -2.46. The first-order valence-corrected chi connectivity index (χ1v) is 7.72. The number of halogens is 2. The van der Waals surface area contributed by atoms with Crippen LogP contribution in [0, 0.1) is 11.2 Å². The number of carbonyl (C=O) groups excluding carboxylic acids is 1. The summed E-state index contributed by atoms with van der Waals surface area (Å²) in [6.07, 6.45) is 2.93.